The van der Waals surface area contributed by atoms with Gasteiger partial charge >= 0.3 is 0 Å². The van der Waals surface area contributed by atoms with Crippen molar-refractivity contribution in [2.75, 3.05) is 12.4 Å². The number of hydrogen-bond donors (Lipinski definition) is 1. The summed E-state index contributed by atoms with van der Waals surface area (Å²) in [5, 5.41) is 3.28. The van der Waals surface area contributed by atoms with Gasteiger partial charge in [0.25, 0.3) is 5.91 Å². The van der Waals surface area contributed by atoms with Crippen LogP contribution in [0, 0.1) is 6.92 Å². The van der Waals surface area contributed by atoms with Crippen molar-refractivity contribution in [2.45, 2.75) is 6.92 Å². The van der Waals surface area contributed by atoms with Crippen LogP contribution in [-0.4, -0.2) is 18.0 Å². The molecule has 0 aliphatic heterocycles. The van der Waals surface area contributed by atoms with Gasteiger partial charge in [0.1, 0.15) is 5.75 Å². The number of hydrogen-bond acceptors (Lipinski definition) is 3. The smallest absolute Gasteiger partial charge is 0.257 e. The maximum absolute atomic E-state index is 12.1. The number of aromatic nitrogens is 1. The molecule has 2 rings (SSSR count). The quantitative estimate of drug-likeness (QED) is 0.936. The van der Waals surface area contributed by atoms with E-state index in [1.807, 2.05) is 6.92 Å². The largest absolute Gasteiger partial charge is 0.495 e. The predicted octanol–water partition coefficient (Wildman–Crippen LogP) is 3.30. The van der Waals surface area contributed by atoms with Gasteiger partial charge in [-0.15, -0.1) is 0 Å². The maximum Gasteiger partial charge on any atom is 0.257 e. The first kappa shape index (κ1) is 13.4. The molecule has 5 heteroatoms. The van der Waals surface area contributed by atoms with E-state index in [1.165, 1.54) is 13.3 Å². The minimum Gasteiger partial charge on any atom is -0.495 e. The van der Waals surface area contributed by atoms with Gasteiger partial charge in [-0.2, -0.15) is 0 Å². The number of benzene rings is 1. The number of rotatable bonds is 3. The van der Waals surface area contributed by atoms with Crippen LogP contribution in [0.2, 0.25) is 5.02 Å². The molecule has 1 heterocycles. The molecule has 1 aromatic carbocycles. The number of halogens is 1. The molecule has 0 spiro atoms. The van der Waals surface area contributed by atoms with Gasteiger partial charge in [0.15, 0.2) is 0 Å². The zero-order chi connectivity index (χ0) is 13.8. The van der Waals surface area contributed by atoms with Crippen LogP contribution in [0.3, 0.4) is 0 Å². The molecule has 0 aliphatic rings. The summed E-state index contributed by atoms with van der Waals surface area (Å²) in [6, 6.07) is 8.54. The van der Waals surface area contributed by atoms with Crippen LogP contribution in [-0.2, 0) is 0 Å². The molecule has 1 N–H and O–H groups in total. The molecule has 2 aromatic rings. The Bertz CT molecular complexity index is 597. The zero-order valence-electron chi connectivity index (χ0n) is 10.6. The third-order valence-electron chi connectivity index (χ3n) is 2.58. The monoisotopic (exact) mass is 276 g/mol. The fraction of sp³-hybridized carbons (Fsp3) is 0.143. The van der Waals surface area contributed by atoms with Gasteiger partial charge in [-0.3, -0.25) is 9.78 Å². The average Bonchev–Trinajstić information content (AvgIpc) is 2.39. The van der Waals surface area contributed by atoms with E-state index >= 15 is 0 Å². The number of anilines is 1. The third-order valence-corrected chi connectivity index (χ3v) is 2.82. The second-order valence-electron chi connectivity index (χ2n) is 3.99. The van der Waals surface area contributed by atoms with Crippen molar-refractivity contribution in [3.63, 3.8) is 0 Å². The first-order valence-corrected chi connectivity index (χ1v) is 6.05. The average molecular weight is 277 g/mol. The van der Waals surface area contributed by atoms with Crippen molar-refractivity contribution >= 4 is 23.2 Å². The summed E-state index contributed by atoms with van der Waals surface area (Å²) in [5.74, 6) is 0.297. The Morgan fingerprint density at radius 1 is 1.32 bits per heavy atom. The van der Waals surface area contributed by atoms with E-state index in [2.05, 4.69) is 10.3 Å². The minimum absolute atomic E-state index is 0.256. The number of ether oxygens (including phenoxy) is 1. The first-order chi connectivity index (χ1) is 9.10. The SMILES string of the molecule is COc1ccc(Cl)cc1NC(=O)c1ccc(C)nc1. The predicted molar refractivity (Wildman–Crippen MR) is 74.9 cm³/mol. The van der Waals surface area contributed by atoms with Gasteiger partial charge in [0, 0.05) is 16.9 Å². The van der Waals surface area contributed by atoms with Gasteiger partial charge in [0.05, 0.1) is 18.4 Å². The zero-order valence-corrected chi connectivity index (χ0v) is 11.4. The highest BCUT2D eigenvalue weighted by Crippen LogP contribution is 2.28. The van der Waals surface area contributed by atoms with Crippen LogP contribution < -0.4 is 10.1 Å². The molecule has 1 aromatic heterocycles. The van der Waals surface area contributed by atoms with Gasteiger partial charge < -0.3 is 10.1 Å². The summed E-state index contributed by atoms with van der Waals surface area (Å²) in [4.78, 5) is 16.1. The lowest BCUT2D eigenvalue weighted by Gasteiger charge is -2.10. The lowest BCUT2D eigenvalue weighted by atomic mass is 10.2. The van der Waals surface area contributed by atoms with E-state index in [4.69, 9.17) is 16.3 Å². The molecule has 0 unspecified atom stereocenters. The number of carbonyl (C=O) groups is 1. The number of pyridine rings is 1. The standard InChI is InChI=1S/C14H13ClN2O2/c1-9-3-4-10(8-16-9)14(18)17-12-7-11(15)5-6-13(12)19-2/h3-8H,1-2H3,(H,17,18). The number of nitrogens with one attached hydrogen (secondary N) is 1. The van der Waals surface area contributed by atoms with Crippen molar-refractivity contribution in [3.05, 3.63) is 52.8 Å². The summed E-state index contributed by atoms with van der Waals surface area (Å²) in [6.45, 7) is 1.86. The van der Waals surface area contributed by atoms with Crippen molar-refractivity contribution in [1.82, 2.24) is 4.98 Å². The molecule has 0 bridgehead atoms. The fourth-order valence-electron chi connectivity index (χ4n) is 1.57. The normalized spacial score (nSPS) is 10.1. The van der Waals surface area contributed by atoms with Crippen LogP contribution in [0.25, 0.3) is 0 Å². The summed E-state index contributed by atoms with van der Waals surface area (Å²) in [6.07, 6.45) is 1.53. The molecule has 0 saturated heterocycles. The van der Waals surface area contributed by atoms with E-state index in [9.17, 15) is 4.79 Å². The molecule has 4 nitrogen and oxygen atoms in total. The third kappa shape index (κ3) is 3.23. The van der Waals surface area contributed by atoms with Crippen LogP contribution in [0.15, 0.2) is 36.5 Å². The van der Waals surface area contributed by atoms with E-state index in [0.29, 0.717) is 22.0 Å². The molecule has 0 radical (unpaired) electrons. The second-order valence-corrected chi connectivity index (χ2v) is 4.42. The number of carbonyl (C=O) groups excluding carboxylic acids is 1. The topological polar surface area (TPSA) is 51.2 Å². The molecule has 19 heavy (non-hydrogen) atoms. The Morgan fingerprint density at radius 3 is 2.74 bits per heavy atom. The van der Waals surface area contributed by atoms with E-state index in [0.717, 1.165) is 5.69 Å². The van der Waals surface area contributed by atoms with Crippen molar-refractivity contribution in [3.8, 4) is 5.75 Å². The van der Waals surface area contributed by atoms with Crippen LogP contribution in [0.1, 0.15) is 16.1 Å². The van der Waals surface area contributed by atoms with E-state index in [-0.39, 0.29) is 5.91 Å². The maximum atomic E-state index is 12.1. The van der Waals surface area contributed by atoms with Gasteiger partial charge in [-0.1, -0.05) is 11.6 Å². The lowest BCUT2D eigenvalue weighted by Crippen LogP contribution is -2.13. The van der Waals surface area contributed by atoms with Crippen LogP contribution in [0.5, 0.6) is 5.75 Å². The highest BCUT2D eigenvalue weighted by molar-refractivity contribution is 6.31. The highest BCUT2D eigenvalue weighted by atomic mass is 35.5. The molecule has 1 amide bonds. The fourth-order valence-corrected chi connectivity index (χ4v) is 1.75. The summed E-state index contributed by atoms with van der Waals surface area (Å²) < 4.78 is 5.17. The van der Waals surface area contributed by atoms with E-state index in [1.54, 1.807) is 30.3 Å². The summed E-state index contributed by atoms with van der Waals surface area (Å²) in [5.41, 5.74) is 1.87. The van der Waals surface area contributed by atoms with Crippen molar-refractivity contribution in [1.29, 1.82) is 0 Å². The Morgan fingerprint density at radius 2 is 2.11 bits per heavy atom. The summed E-state index contributed by atoms with van der Waals surface area (Å²) >= 11 is 5.90. The Balaban J connectivity index is 2.23. The molecule has 0 fully saturated rings. The highest BCUT2D eigenvalue weighted by Gasteiger charge is 2.10. The first-order valence-electron chi connectivity index (χ1n) is 5.67. The number of methoxy groups -OCH3 is 1. The van der Waals surface area contributed by atoms with Gasteiger partial charge in [-0.05, 0) is 37.3 Å². The second kappa shape index (κ2) is 5.71. The van der Waals surface area contributed by atoms with Crippen LogP contribution >= 0.6 is 11.6 Å². The molecule has 0 aliphatic carbocycles. The van der Waals surface area contributed by atoms with Crippen molar-refractivity contribution in [2.24, 2.45) is 0 Å². The number of aryl methyl sites for hydroxylation is 1. The van der Waals surface area contributed by atoms with Gasteiger partial charge in [-0.25, -0.2) is 0 Å². The molecule has 0 saturated carbocycles. The summed E-state index contributed by atoms with van der Waals surface area (Å²) in [7, 11) is 1.53. The molecular weight excluding hydrogens is 264 g/mol. The van der Waals surface area contributed by atoms with Crippen LogP contribution in [0.4, 0.5) is 5.69 Å². The van der Waals surface area contributed by atoms with Gasteiger partial charge in [0.2, 0.25) is 0 Å². The van der Waals surface area contributed by atoms with E-state index < -0.39 is 0 Å². The minimum atomic E-state index is -0.256. The Hall–Kier alpha value is -2.07. The number of amides is 1. The molecular formula is C14H13ClN2O2. The van der Waals surface area contributed by atoms with Crippen molar-refractivity contribution < 1.29 is 9.53 Å². The molecule has 98 valence electrons. The Kier molecular flexibility index (Phi) is 4.02. The molecule has 0 atom stereocenters. The number of nitrogens with zero attached hydrogens (tertiary/aromatic N) is 1. The lowest BCUT2D eigenvalue weighted by molar-refractivity contribution is 0.102. The Labute approximate surface area is 116 Å².